The van der Waals surface area contributed by atoms with Crippen LogP contribution in [0.25, 0.3) is 6.08 Å². The van der Waals surface area contributed by atoms with Gasteiger partial charge in [-0.2, -0.15) is 0 Å². The number of hydrogen-bond acceptors (Lipinski definition) is 3. The molecule has 0 bridgehead atoms. The van der Waals surface area contributed by atoms with Gasteiger partial charge in [-0.05, 0) is 61.4 Å². The summed E-state index contributed by atoms with van der Waals surface area (Å²) in [6.07, 6.45) is 2.80. The Kier molecular flexibility index (Phi) is 4.61. The highest BCUT2D eigenvalue weighted by molar-refractivity contribution is 6.07. The number of methoxy groups -OCH3 is 1. The molecule has 0 saturated heterocycles. The number of halogens is 1. The average Bonchev–Trinajstić information content (AvgIpc) is 2.48. The first-order valence-electron chi connectivity index (χ1n) is 6.78. The predicted octanol–water partition coefficient (Wildman–Crippen LogP) is 4.05. The van der Waals surface area contributed by atoms with Crippen LogP contribution in [0.3, 0.4) is 0 Å². The molecule has 0 fully saturated rings. The summed E-state index contributed by atoms with van der Waals surface area (Å²) in [6.45, 7) is 3.83. The molecule has 1 N–H and O–H groups in total. The molecular formula is C18H17FO3. The lowest BCUT2D eigenvalue weighted by Crippen LogP contribution is -1.99. The van der Waals surface area contributed by atoms with Crippen molar-refractivity contribution in [3.05, 3.63) is 64.5 Å². The summed E-state index contributed by atoms with van der Waals surface area (Å²) in [5.74, 6) is -0.298. The van der Waals surface area contributed by atoms with Gasteiger partial charge in [0.05, 0.1) is 7.11 Å². The Bertz CT molecular complexity index is 748. The number of ether oxygens (including phenoxy) is 1. The first-order chi connectivity index (χ1) is 10.4. The number of phenolic OH excluding ortho intramolecular Hbond substituents is 1. The first-order valence-corrected chi connectivity index (χ1v) is 6.78. The van der Waals surface area contributed by atoms with Gasteiger partial charge in [-0.15, -0.1) is 0 Å². The molecule has 0 amide bonds. The Labute approximate surface area is 128 Å². The fourth-order valence-corrected chi connectivity index (χ4v) is 2.10. The van der Waals surface area contributed by atoms with Crippen molar-refractivity contribution in [2.24, 2.45) is 0 Å². The second-order valence-electron chi connectivity index (χ2n) is 5.02. The minimum Gasteiger partial charge on any atom is -0.507 e. The normalized spacial score (nSPS) is 10.9. The minimum atomic E-state index is -0.528. The van der Waals surface area contributed by atoms with E-state index in [1.54, 1.807) is 19.2 Å². The molecule has 3 nitrogen and oxygen atoms in total. The third kappa shape index (κ3) is 3.34. The Morgan fingerprint density at radius 3 is 2.59 bits per heavy atom. The topological polar surface area (TPSA) is 46.5 Å². The molecule has 22 heavy (non-hydrogen) atoms. The van der Waals surface area contributed by atoms with Crippen LogP contribution in [0.15, 0.2) is 36.4 Å². The molecule has 114 valence electrons. The average molecular weight is 300 g/mol. The third-order valence-corrected chi connectivity index (χ3v) is 3.53. The van der Waals surface area contributed by atoms with Crippen LogP contribution in [-0.4, -0.2) is 18.0 Å². The van der Waals surface area contributed by atoms with E-state index in [4.69, 9.17) is 4.74 Å². The molecule has 2 rings (SSSR count). The van der Waals surface area contributed by atoms with Crippen molar-refractivity contribution in [2.45, 2.75) is 13.8 Å². The van der Waals surface area contributed by atoms with E-state index in [0.29, 0.717) is 16.9 Å². The van der Waals surface area contributed by atoms with E-state index in [0.717, 1.165) is 17.2 Å². The summed E-state index contributed by atoms with van der Waals surface area (Å²) in [5, 5.41) is 9.61. The van der Waals surface area contributed by atoms with Gasteiger partial charge in [0.15, 0.2) is 5.78 Å². The molecule has 2 aromatic carbocycles. The SMILES string of the molecule is COc1cc(C(=O)/C=C/c2ccc(F)cc2O)cc(C)c1C. The molecule has 0 radical (unpaired) electrons. The maximum atomic E-state index is 12.9. The van der Waals surface area contributed by atoms with Crippen molar-refractivity contribution < 1.29 is 19.0 Å². The number of benzene rings is 2. The quantitative estimate of drug-likeness (QED) is 0.684. The van der Waals surface area contributed by atoms with Crippen LogP contribution in [-0.2, 0) is 0 Å². The number of ketones is 1. The Morgan fingerprint density at radius 2 is 1.95 bits per heavy atom. The second kappa shape index (κ2) is 6.43. The first kappa shape index (κ1) is 15.8. The van der Waals surface area contributed by atoms with Crippen LogP contribution in [0.2, 0.25) is 0 Å². The van der Waals surface area contributed by atoms with Gasteiger partial charge in [0, 0.05) is 17.2 Å². The number of carbonyl (C=O) groups is 1. The minimum absolute atomic E-state index is 0.207. The van der Waals surface area contributed by atoms with E-state index in [2.05, 4.69) is 0 Å². The van der Waals surface area contributed by atoms with E-state index < -0.39 is 5.82 Å². The van der Waals surface area contributed by atoms with Crippen molar-refractivity contribution >= 4 is 11.9 Å². The van der Waals surface area contributed by atoms with Crippen molar-refractivity contribution in [2.75, 3.05) is 7.11 Å². The van der Waals surface area contributed by atoms with Gasteiger partial charge < -0.3 is 9.84 Å². The van der Waals surface area contributed by atoms with Crippen molar-refractivity contribution in [3.63, 3.8) is 0 Å². The highest BCUT2D eigenvalue weighted by Crippen LogP contribution is 2.24. The zero-order valence-corrected chi connectivity index (χ0v) is 12.7. The summed E-state index contributed by atoms with van der Waals surface area (Å²) in [4.78, 5) is 12.2. The van der Waals surface area contributed by atoms with Gasteiger partial charge in [-0.3, -0.25) is 4.79 Å². The van der Waals surface area contributed by atoms with Gasteiger partial charge in [0.25, 0.3) is 0 Å². The molecule has 0 spiro atoms. The monoisotopic (exact) mass is 300 g/mol. The van der Waals surface area contributed by atoms with Gasteiger partial charge >= 0.3 is 0 Å². The van der Waals surface area contributed by atoms with Crippen molar-refractivity contribution in [1.82, 2.24) is 0 Å². The van der Waals surface area contributed by atoms with Gasteiger partial charge in [-0.1, -0.05) is 0 Å². The van der Waals surface area contributed by atoms with Crippen LogP contribution in [0, 0.1) is 19.7 Å². The Balaban J connectivity index is 2.29. The van der Waals surface area contributed by atoms with Gasteiger partial charge in [-0.25, -0.2) is 4.39 Å². The molecule has 4 heteroatoms. The molecule has 0 unspecified atom stereocenters. The van der Waals surface area contributed by atoms with Crippen molar-refractivity contribution in [3.8, 4) is 11.5 Å². The lowest BCUT2D eigenvalue weighted by molar-refractivity contribution is 0.104. The standard InChI is InChI=1S/C18H17FO3/c1-11-8-14(9-18(22-3)12(11)2)16(20)7-5-13-4-6-15(19)10-17(13)21/h4-10,21H,1-3H3/b7-5+. The molecule has 0 aromatic heterocycles. The number of hydrogen-bond donors (Lipinski definition) is 1. The fraction of sp³-hybridized carbons (Fsp3) is 0.167. The van der Waals surface area contributed by atoms with E-state index in [9.17, 15) is 14.3 Å². The number of rotatable bonds is 4. The van der Waals surface area contributed by atoms with E-state index in [-0.39, 0.29) is 11.5 Å². The maximum Gasteiger partial charge on any atom is 0.186 e. The molecular weight excluding hydrogens is 283 g/mol. The molecule has 0 atom stereocenters. The van der Waals surface area contributed by atoms with Gasteiger partial charge in [0.2, 0.25) is 0 Å². The third-order valence-electron chi connectivity index (χ3n) is 3.53. The molecule has 0 heterocycles. The molecule has 0 aliphatic rings. The largest absolute Gasteiger partial charge is 0.507 e. The number of aromatic hydroxyl groups is 1. The summed E-state index contributed by atoms with van der Waals surface area (Å²) in [6, 6.07) is 7.11. The number of phenols is 1. The Morgan fingerprint density at radius 1 is 1.23 bits per heavy atom. The zero-order chi connectivity index (χ0) is 16.3. The van der Waals surface area contributed by atoms with Crippen LogP contribution in [0.5, 0.6) is 11.5 Å². The molecule has 0 saturated carbocycles. The van der Waals surface area contributed by atoms with Crippen molar-refractivity contribution in [1.29, 1.82) is 0 Å². The Hall–Kier alpha value is -2.62. The molecule has 0 aliphatic heterocycles. The zero-order valence-electron chi connectivity index (χ0n) is 12.7. The summed E-state index contributed by atoms with van der Waals surface area (Å²) < 4.78 is 18.2. The number of carbonyl (C=O) groups excluding carboxylic acids is 1. The van der Waals surface area contributed by atoms with Gasteiger partial charge in [0.1, 0.15) is 17.3 Å². The molecule has 0 aliphatic carbocycles. The van der Waals surface area contributed by atoms with E-state index in [1.165, 1.54) is 24.3 Å². The summed E-state index contributed by atoms with van der Waals surface area (Å²) in [7, 11) is 1.56. The summed E-state index contributed by atoms with van der Waals surface area (Å²) >= 11 is 0. The maximum absolute atomic E-state index is 12.9. The number of aryl methyl sites for hydroxylation is 1. The van der Waals surface area contributed by atoms with E-state index in [1.807, 2.05) is 13.8 Å². The summed E-state index contributed by atoms with van der Waals surface area (Å²) in [5.41, 5.74) is 2.82. The number of allylic oxidation sites excluding steroid dienone is 1. The highest BCUT2D eigenvalue weighted by atomic mass is 19.1. The van der Waals surface area contributed by atoms with E-state index >= 15 is 0 Å². The fourth-order valence-electron chi connectivity index (χ4n) is 2.10. The second-order valence-corrected chi connectivity index (χ2v) is 5.02. The van der Waals surface area contributed by atoms with Crippen LogP contribution in [0.1, 0.15) is 27.0 Å². The van der Waals surface area contributed by atoms with Crippen LogP contribution in [0.4, 0.5) is 4.39 Å². The lowest BCUT2D eigenvalue weighted by atomic mass is 10.0. The highest BCUT2D eigenvalue weighted by Gasteiger charge is 2.09. The smallest absolute Gasteiger partial charge is 0.186 e. The van der Waals surface area contributed by atoms with Crippen LogP contribution >= 0.6 is 0 Å². The predicted molar refractivity (Wildman–Crippen MR) is 83.9 cm³/mol. The molecule has 2 aromatic rings. The van der Waals surface area contributed by atoms with Crippen LogP contribution < -0.4 is 4.74 Å². The lowest BCUT2D eigenvalue weighted by Gasteiger charge is -2.09.